The third kappa shape index (κ3) is 5.17. The second-order valence-electron chi connectivity index (χ2n) is 8.57. The van der Waals surface area contributed by atoms with Crippen molar-refractivity contribution < 1.29 is 18.7 Å². The largest absolute Gasteiger partial charge is 0.459 e. The van der Waals surface area contributed by atoms with Crippen molar-refractivity contribution in [1.82, 2.24) is 15.1 Å². The first-order valence-corrected chi connectivity index (χ1v) is 11.1. The highest BCUT2D eigenvalue weighted by Crippen LogP contribution is 2.21. The Kier molecular flexibility index (Phi) is 6.73. The van der Waals surface area contributed by atoms with Crippen LogP contribution in [-0.4, -0.2) is 59.5 Å². The van der Waals surface area contributed by atoms with E-state index in [1.54, 1.807) is 17.0 Å². The molecule has 1 N–H and O–H groups in total. The van der Waals surface area contributed by atoms with Crippen molar-refractivity contribution in [2.75, 3.05) is 19.6 Å². The van der Waals surface area contributed by atoms with Crippen LogP contribution in [0.2, 0.25) is 0 Å². The van der Waals surface area contributed by atoms with Gasteiger partial charge in [-0.05, 0) is 49.9 Å². The number of carbonyl (C=O) groups is 2. The molecular weight excluding hydrogens is 394 g/mol. The lowest BCUT2D eigenvalue weighted by atomic mass is 10.1. The third-order valence-corrected chi connectivity index (χ3v) is 6.01. The number of hydrogen-bond donors (Lipinski definition) is 1. The number of carbonyl (C=O) groups excluding carboxylic acids is 2. The first-order chi connectivity index (χ1) is 15.0. The van der Waals surface area contributed by atoms with Crippen LogP contribution < -0.4 is 5.32 Å². The predicted molar refractivity (Wildman–Crippen MR) is 116 cm³/mol. The van der Waals surface area contributed by atoms with Crippen LogP contribution in [0.1, 0.15) is 48.4 Å². The zero-order valence-corrected chi connectivity index (χ0v) is 18.3. The zero-order valence-electron chi connectivity index (χ0n) is 18.3. The predicted octanol–water partition coefficient (Wildman–Crippen LogP) is 2.81. The summed E-state index contributed by atoms with van der Waals surface area (Å²) in [5.74, 6) is -0.0570. The molecule has 31 heavy (non-hydrogen) atoms. The second kappa shape index (κ2) is 9.66. The fraction of sp³-hybridized carbons (Fsp3) is 0.500. The van der Waals surface area contributed by atoms with Gasteiger partial charge in [0.2, 0.25) is 5.91 Å². The minimum atomic E-state index is -0.453. The topological polar surface area (TPSA) is 75.0 Å². The molecule has 0 bridgehead atoms. The van der Waals surface area contributed by atoms with E-state index in [4.69, 9.17) is 9.15 Å². The minimum Gasteiger partial charge on any atom is -0.459 e. The van der Waals surface area contributed by atoms with Gasteiger partial charge in [-0.15, -0.1) is 0 Å². The van der Waals surface area contributed by atoms with E-state index in [2.05, 4.69) is 36.2 Å². The van der Waals surface area contributed by atoms with E-state index in [1.165, 1.54) is 11.8 Å². The molecule has 2 aliphatic rings. The third-order valence-electron chi connectivity index (χ3n) is 6.01. The molecule has 4 rings (SSSR count). The van der Waals surface area contributed by atoms with E-state index in [0.29, 0.717) is 19.5 Å². The van der Waals surface area contributed by atoms with Crippen molar-refractivity contribution in [3.63, 3.8) is 0 Å². The molecule has 3 atom stereocenters. The average Bonchev–Trinajstić information content (AvgIpc) is 3.44. The van der Waals surface area contributed by atoms with Crippen LogP contribution in [0.15, 0.2) is 47.1 Å². The Balaban J connectivity index is 1.38. The number of furan rings is 1. The molecule has 3 heterocycles. The lowest BCUT2D eigenvalue weighted by Crippen LogP contribution is -2.46. The van der Waals surface area contributed by atoms with Gasteiger partial charge < -0.3 is 19.4 Å². The number of nitrogens with zero attached hydrogens (tertiary/aromatic N) is 2. The first-order valence-electron chi connectivity index (χ1n) is 11.1. The van der Waals surface area contributed by atoms with Crippen LogP contribution in [0.4, 0.5) is 0 Å². The highest BCUT2D eigenvalue weighted by molar-refractivity contribution is 5.95. The normalized spacial score (nSPS) is 24.3. The molecule has 2 amide bonds. The van der Waals surface area contributed by atoms with Crippen molar-refractivity contribution in [2.45, 2.75) is 58.0 Å². The molecule has 1 aromatic carbocycles. The zero-order chi connectivity index (χ0) is 21.8. The first kappa shape index (κ1) is 21.6. The van der Waals surface area contributed by atoms with Gasteiger partial charge >= 0.3 is 0 Å². The van der Waals surface area contributed by atoms with E-state index in [0.717, 1.165) is 31.6 Å². The van der Waals surface area contributed by atoms with Crippen molar-refractivity contribution >= 4 is 11.8 Å². The van der Waals surface area contributed by atoms with Crippen LogP contribution in [0.5, 0.6) is 0 Å². The van der Waals surface area contributed by atoms with Gasteiger partial charge in [-0.25, -0.2) is 0 Å². The standard InChI is InChI=1S/C24H31N3O4/c1-17-14-26(15-18(2)31-17)16-20-8-4-3-7-19(20)13-25-23(28)21-9-5-11-27(21)24(29)22-10-6-12-30-22/h3-4,6-8,10,12,17-18,21H,5,9,11,13-16H2,1-2H3,(H,25,28). The van der Waals surface area contributed by atoms with Crippen molar-refractivity contribution in [3.8, 4) is 0 Å². The van der Waals surface area contributed by atoms with Gasteiger partial charge in [-0.1, -0.05) is 24.3 Å². The fourth-order valence-corrected chi connectivity index (χ4v) is 4.66. The summed E-state index contributed by atoms with van der Waals surface area (Å²) in [6.45, 7) is 7.86. The molecule has 2 aliphatic heterocycles. The summed E-state index contributed by atoms with van der Waals surface area (Å²) in [5.41, 5.74) is 2.31. The van der Waals surface area contributed by atoms with Crippen LogP contribution in [0.25, 0.3) is 0 Å². The Hall–Kier alpha value is -2.64. The van der Waals surface area contributed by atoms with Crippen LogP contribution in [0, 0.1) is 0 Å². The van der Waals surface area contributed by atoms with Gasteiger partial charge in [0.25, 0.3) is 5.91 Å². The van der Waals surface area contributed by atoms with Gasteiger partial charge in [-0.3, -0.25) is 14.5 Å². The Morgan fingerprint density at radius 1 is 1.06 bits per heavy atom. The molecule has 7 heteroatoms. The number of rotatable bonds is 6. The monoisotopic (exact) mass is 425 g/mol. The molecule has 166 valence electrons. The molecule has 7 nitrogen and oxygen atoms in total. The fourth-order valence-electron chi connectivity index (χ4n) is 4.66. The molecule has 0 radical (unpaired) electrons. The number of hydrogen-bond acceptors (Lipinski definition) is 5. The molecule has 2 fully saturated rings. The quantitative estimate of drug-likeness (QED) is 0.770. The molecular formula is C24H31N3O4. The molecule has 1 aromatic heterocycles. The number of nitrogens with one attached hydrogen (secondary N) is 1. The smallest absolute Gasteiger partial charge is 0.290 e. The van der Waals surface area contributed by atoms with Crippen molar-refractivity contribution in [3.05, 3.63) is 59.5 Å². The maximum Gasteiger partial charge on any atom is 0.290 e. The van der Waals surface area contributed by atoms with E-state index >= 15 is 0 Å². The Morgan fingerprint density at radius 2 is 1.81 bits per heavy atom. The number of amides is 2. The van der Waals surface area contributed by atoms with Crippen LogP contribution in [-0.2, 0) is 22.6 Å². The summed E-state index contributed by atoms with van der Waals surface area (Å²) >= 11 is 0. The highest BCUT2D eigenvalue weighted by Gasteiger charge is 2.35. The molecule has 0 aliphatic carbocycles. The summed E-state index contributed by atoms with van der Waals surface area (Å²) in [6.07, 6.45) is 3.40. The summed E-state index contributed by atoms with van der Waals surface area (Å²) in [6, 6.07) is 11.1. The van der Waals surface area contributed by atoms with Gasteiger partial charge in [0.15, 0.2) is 5.76 Å². The highest BCUT2D eigenvalue weighted by atomic mass is 16.5. The molecule has 2 saturated heterocycles. The molecule has 0 saturated carbocycles. The average molecular weight is 426 g/mol. The summed E-state index contributed by atoms with van der Waals surface area (Å²) in [4.78, 5) is 29.6. The van der Waals surface area contributed by atoms with Gasteiger partial charge in [0, 0.05) is 32.7 Å². The summed E-state index contributed by atoms with van der Waals surface area (Å²) in [7, 11) is 0. The van der Waals surface area contributed by atoms with Gasteiger partial charge in [0.05, 0.1) is 18.5 Å². The summed E-state index contributed by atoms with van der Waals surface area (Å²) < 4.78 is 11.1. The van der Waals surface area contributed by atoms with E-state index < -0.39 is 6.04 Å². The van der Waals surface area contributed by atoms with Crippen molar-refractivity contribution in [2.24, 2.45) is 0 Å². The van der Waals surface area contributed by atoms with E-state index in [9.17, 15) is 9.59 Å². The number of morpholine rings is 1. The van der Waals surface area contributed by atoms with Crippen LogP contribution >= 0.6 is 0 Å². The Labute approximate surface area is 183 Å². The number of likely N-dealkylation sites (tertiary alicyclic amines) is 1. The second-order valence-corrected chi connectivity index (χ2v) is 8.57. The van der Waals surface area contributed by atoms with Crippen molar-refractivity contribution in [1.29, 1.82) is 0 Å². The molecule has 0 spiro atoms. The maximum absolute atomic E-state index is 12.9. The lowest BCUT2D eigenvalue weighted by Gasteiger charge is -2.35. The number of benzene rings is 1. The van der Waals surface area contributed by atoms with Gasteiger partial charge in [-0.2, -0.15) is 0 Å². The lowest BCUT2D eigenvalue weighted by molar-refractivity contribution is -0.125. The Morgan fingerprint density at radius 3 is 2.52 bits per heavy atom. The SMILES string of the molecule is CC1CN(Cc2ccccc2CNC(=O)C2CCCN2C(=O)c2ccco2)CC(C)O1. The number of ether oxygens (including phenoxy) is 1. The van der Waals surface area contributed by atoms with Gasteiger partial charge in [0.1, 0.15) is 6.04 Å². The Bertz CT molecular complexity index is 888. The van der Waals surface area contributed by atoms with E-state index in [1.807, 2.05) is 12.1 Å². The van der Waals surface area contributed by atoms with Crippen LogP contribution in [0.3, 0.4) is 0 Å². The maximum atomic E-state index is 12.9. The molecule has 2 aromatic rings. The molecule has 3 unspecified atom stereocenters. The van der Waals surface area contributed by atoms with E-state index in [-0.39, 0.29) is 29.8 Å². The summed E-state index contributed by atoms with van der Waals surface area (Å²) in [5, 5.41) is 3.06. The minimum absolute atomic E-state index is 0.110.